The second-order valence-corrected chi connectivity index (χ2v) is 9.09. The Kier molecular flexibility index (Phi) is 8.34. The van der Waals surface area contributed by atoms with E-state index in [0.29, 0.717) is 42.4 Å². The van der Waals surface area contributed by atoms with Crippen LogP contribution in [-0.4, -0.2) is 52.7 Å². The van der Waals surface area contributed by atoms with Gasteiger partial charge in [-0.3, -0.25) is 9.59 Å². The van der Waals surface area contributed by atoms with Gasteiger partial charge >= 0.3 is 0 Å². The zero-order valence-corrected chi connectivity index (χ0v) is 20.2. The van der Waals surface area contributed by atoms with Crippen LogP contribution in [0, 0.1) is 5.92 Å². The Morgan fingerprint density at radius 1 is 1.06 bits per heavy atom. The van der Waals surface area contributed by atoms with Gasteiger partial charge < -0.3 is 24.6 Å². The molecule has 0 aliphatic carbocycles. The maximum absolute atomic E-state index is 13.1. The molecule has 1 amide bonds. The molecule has 34 heavy (non-hydrogen) atoms. The SMILES string of the molecule is CC(C)COc1cccc(/C(O)=C2/C(=O)C(=O)N(CCCOC(C)C)C2c2ccc(O)cc2)c1. The minimum absolute atomic E-state index is 0.0153. The van der Waals surface area contributed by atoms with Crippen LogP contribution in [0.5, 0.6) is 11.5 Å². The van der Waals surface area contributed by atoms with Crippen molar-refractivity contribution < 1.29 is 29.3 Å². The van der Waals surface area contributed by atoms with E-state index in [2.05, 4.69) is 0 Å². The summed E-state index contributed by atoms with van der Waals surface area (Å²) in [6, 6.07) is 12.4. The Balaban J connectivity index is 2.00. The molecular weight excluding hydrogens is 434 g/mol. The van der Waals surface area contributed by atoms with Crippen LogP contribution in [0.4, 0.5) is 0 Å². The van der Waals surface area contributed by atoms with Crippen molar-refractivity contribution in [2.45, 2.75) is 46.3 Å². The predicted molar refractivity (Wildman–Crippen MR) is 130 cm³/mol. The lowest BCUT2D eigenvalue weighted by Crippen LogP contribution is -2.31. The van der Waals surface area contributed by atoms with E-state index in [1.165, 1.54) is 17.0 Å². The number of hydrogen-bond acceptors (Lipinski definition) is 6. The van der Waals surface area contributed by atoms with Gasteiger partial charge in [0.05, 0.1) is 24.3 Å². The molecule has 1 atom stereocenters. The van der Waals surface area contributed by atoms with E-state index in [4.69, 9.17) is 9.47 Å². The van der Waals surface area contributed by atoms with Gasteiger partial charge in [-0.2, -0.15) is 0 Å². The summed E-state index contributed by atoms with van der Waals surface area (Å²) in [5.74, 6) is -0.700. The molecule has 2 aromatic carbocycles. The highest BCUT2D eigenvalue weighted by Crippen LogP contribution is 2.40. The van der Waals surface area contributed by atoms with Crippen LogP contribution in [-0.2, 0) is 14.3 Å². The number of aliphatic hydroxyl groups excluding tert-OH is 1. The first-order valence-corrected chi connectivity index (χ1v) is 11.6. The normalized spacial score (nSPS) is 17.7. The Bertz CT molecular complexity index is 1040. The van der Waals surface area contributed by atoms with Crippen LogP contribution >= 0.6 is 0 Å². The molecule has 0 radical (unpaired) electrons. The number of nitrogens with zero attached hydrogens (tertiary/aromatic N) is 1. The number of phenolic OH excluding ortho intramolecular Hbond substituents is 1. The lowest BCUT2D eigenvalue weighted by atomic mass is 9.95. The number of amides is 1. The van der Waals surface area contributed by atoms with Gasteiger partial charge in [0.15, 0.2) is 0 Å². The molecule has 7 nitrogen and oxygen atoms in total. The third-order valence-electron chi connectivity index (χ3n) is 5.43. The van der Waals surface area contributed by atoms with Crippen molar-refractivity contribution in [1.29, 1.82) is 0 Å². The quantitative estimate of drug-likeness (QED) is 0.228. The summed E-state index contributed by atoms with van der Waals surface area (Å²) >= 11 is 0. The van der Waals surface area contributed by atoms with E-state index in [9.17, 15) is 19.8 Å². The number of aliphatic hydroxyl groups is 1. The number of rotatable bonds is 10. The summed E-state index contributed by atoms with van der Waals surface area (Å²) in [5.41, 5.74) is 1.03. The highest BCUT2D eigenvalue weighted by molar-refractivity contribution is 6.46. The Morgan fingerprint density at radius 3 is 2.41 bits per heavy atom. The van der Waals surface area contributed by atoms with Crippen molar-refractivity contribution >= 4 is 17.4 Å². The van der Waals surface area contributed by atoms with E-state index in [1.807, 2.05) is 27.7 Å². The Morgan fingerprint density at radius 2 is 1.76 bits per heavy atom. The number of hydrogen-bond donors (Lipinski definition) is 2. The topological polar surface area (TPSA) is 96.3 Å². The van der Waals surface area contributed by atoms with Crippen molar-refractivity contribution in [3.8, 4) is 11.5 Å². The van der Waals surface area contributed by atoms with Crippen molar-refractivity contribution in [1.82, 2.24) is 4.90 Å². The number of phenols is 1. The fourth-order valence-electron chi connectivity index (χ4n) is 3.82. The lowest BCUT2D eigenvalue weighted by Gasteiger charge is -2.25. The maximum Gasteiger partial charge on any atom is 0.295 e. The first-order chi connectivity index (χ1) is 16.2. The summed E-state index contributed by atoms with van der Waals surface area (Å²) in [6.45, 7) is 9.18. The largest absolute Gasteiger partial charge is 0.508 e. The van der Waals surface area contributed by atoms with Crippen LogP contribution in [0.3, 0.4) is 0 Å². The van der Waals surface area contributed by atoms with E-state index in [0.717, 1.165) is 0 Å². The number of benzene rings is 2. The fraction of sp³-hybridized carbons (Fsp3) is 0.407. The van der Waals surface area contributed by atoms with Crippen LogP contribution in [0.15, 0.2) is 54.1 Å². The molecule has 2 N–H and O–H groups in total. The van der Waals surface area contributed by atoms with Crippen molar-refractivity contribution in [2.24, 2.45) is 5.92 Å². The van der Waals surface area contributed by atoms with Gasteiger partial charge in [0, 0.05) is 18.7 Å². The molecule has 1 fully saturated rings. The first kappa shape index (κ1) is 25.3. The minimum atomic E-state index is -0.778. The summed E-state index contributed by atoms with van der Waals surface area (Å²) in [7, 11) is 0. The van der Waals surface area contributed by atoms with E-state index >= 15 is 0 Å². The molecule has 0 bridgehead atoms. The summed E-state index contributed by atoms with van der Waals surface area (Å²) in [5, 5.41) is 20.9. The van der Waals surface area contributed by atoms with E-state index in [1.54, 1.807) is 36.4 Å². The van der Waals surface area contributed by atoms with Crippen molar-refractivity contribution in [3.63, 3.8) is 0 Å². The van der Waals surface area contributed by atoms with Crippen LogP contribution in [0.25, 0.3) is 5.76 Å². The molecular formula is C27H33NO6. The van der Waals surface area contributed by atoms with E-state index in [-0.39, 0.29) is 29.7 Å². The van der Waals surface area contributed by atoms with Gasteiger partial charge in [0.2, 0.25) is 0 Å². The number of carbonyl (C=O) groups excluding carboxylic acids is 2. The van der Waals surface area contributed by atoms with Crippen LogP contribution in [0.2, 0.25) is 0 Å². The average molecular weight is 468 g/mol. The molecule has 0 saturated carbocycles. The number of ether oxygens (including phenoxy) is 2. The standard InChI is InChI=1S/C27H33NO6/c1-17(2)16-34-22-8-5-7-20(15-22)25(30)23-24(19-9-11-21(29)12-10-19)28(27(32)26(23)31)13-6-14-33-18(3)4/h5,7-12,15,17-18,24,29-30H,6,13-14,16H2,1-4H3/b25-23-. The Labute approximate surface area is 200 Å². The molecule has 1 unspecified atom stereocenters. The van der Waals surface area contributed by atoms with Crippen LogP contribution in [0.1, 0.15) is 51.3 Å². The monoisotopic (exact) mass is 467 g/mol. The van der Waals surface area contributed by atoms with Crippen molar-refractivity contribution in [3.05, 3.63) is 65.2 Å². The average Bonchev–Trinajstić information content (AvgIpc) is 3.05. The van der Waals surface area contributed by atoms with Gasteiger partial charge in [0.25, 0.3) is 11.7 Å². The minimum Gasteiger partial charge on any atom is -0.508 e. The number of Topliss-reactive ketones (excluding diaryl/α,β-unsaturated/α-hetero) is 1. The second kappa shape index (κ2) is 11.2. The number of aromatic hydroxyl groups is 1. The van der Waals surface area contributed by atoms with Gasteiger partial charge in [-0.1, -0.05) is 38.1 Å². The molecule has 0 spiro atoms. The summed E-state index contributed by atoms with van der Waals surface area (Å²) < 4.78 is 11.3. The second-order valence-electron chi connectivity index (χ2n) is 9.09. The highest BCUT2D eigenvalue weighted by atomic mass is 16.5. The predicted octanol–water partition coefficient (Wildman–Crippen LogP) is 4.66. The van der Waals surface area contributed by atoms with Gasteiger partial charge in [-0.05, 0) is 56.0 Å². The fourth-order valence-corrected chi connectivity index (χ4v) is 3.82. The number of likely N-dealkylation sites (tertiary alicyclic amines) is 1. The lowest BCUT2D eigenvalue weighted by molar-refractivity contribution is -0.140. The molecule has 182 valence electrons. The summed E-state index contributed by atoms with van der Waals surface area (Å²) in [6.07, 6.45) is 0.603. The first-order valence-electron chi connectivity index (χ1n) is 11.6. The molecule has 0 aromatic heterocycles. The van der Waals surface area contributed by atoms with Gasteiger partial charge in [-0.15, -0.1) is 0 Å². The van der Waals surface area contributed by atoms with Gasteiger partial charge in [0.1, 0.15) is 17.3 Å². The number of carbonyl (C=O) groups is 2. The molecule has 7 heteroatoms. The maximum atomic E-state index is 13.1. The molecule has 1 heterocycles. The highest BCUT2D eigenvalue weighted by Gasteiger charge is 2.45. The van der Waals surface area contributed by atoms with Crippen LogP contribution < -0.4 is 4.74 Å². The molecule has 1 aliphatic rings. The molecule has 3 rings (SSSR count). The molecule has 1 aliphatic heterocycles. The molecule has 1 saturated heterocycles. The zero-order valence-electron chi connectivity index (χ0n) is 20.2. The Hall–Kier alpha value is -3.32. The third-order valence-corrected chi connectivity index (χ3v) is 5.43. The summed E-state index contributed by atoms with van der Waals surface area (Å²) in [4.78, 5) is 27.6. The zero-order chi connectivity index (χ0) is 24.8. The van der Waals surface area contributed by atoms with E-state index < -0.39 is 17.7 Å². The smallest absolute Gasteiger partial charge is 0.295 e. The third kappa shape index (κ3) is 5.97. The van der Waals surface area contributed by atoms with Gasteiger partial charge in [-0.25, -0.2) is 0 Å². The van der Waals surface area contributed by atoms with Crippen molar-refractivity contribution in [2.75, 3.05) is 19.8 Å². The molecule has 2 aromatic rings. The number of ketones is 1.